The van der Waals surface area contributed by atoms with Crippen molar-refractivity contribution < 1.29 is 4.79 Å². The Bertz CT molecular complexity index is 358. The third-order valence-corrected chi connectivity index (χ3v) is 4.91. The third-order valence-electron chi connectivity index (χ3n) is 4.91. The van der Waals surface area contributed by atoms with Gasteiger partial charge in [-0.05, 0) is 50.4 Å². The molecule has 0 radical (unpaired) electrons. The van der Waals surface area contributed by atoms with E-state index >= 15 is 0 Å². The van der Waals surface area contributed by atoms with E-state index in [0.29, 0.717) is 17.9 Å². The molecule has 0 heterocycles. The Kier molecular flexibility index (Phi) is 3.05. The fraction of sp³-hybridized carbons (Fsp3) is 0.867. The van der Waals surface area contributed by atoms with Gasteiger partial charge in [-0.15, -0.1) is 0 Å². The average Bonchev–Trinajstić information content (AvgIpc) is 3.29. The monoisotopic (exact) mass is 246 g/mol. The van der Waals surface area contributed by atoms with Gasteiger partial charge in [-0.25, -0.2) is 0 Å². The van der Waals surface area contributed by atoms with Crippen LogP contribution in [0.5, 0.6) is 0 Å². The number of nitrogens with one attached hydrogen (secondary N) is 1. The minimum absolute atomic E-state index is 0.0356. The molecule has 1 N–H and O–H groups in total. The van der Waals surface area contributed by atoms with Gasteiger partial charge in [0.05, 0.1) is 6.07 Å². The van der Waals surface area contributed by atoms with Crippen molar-refractivity contribution in [3.63, 3.8) is 0 Å². The van der Waals surface area contributed by atoms with Crippen LogP contribution in [0.4, 0.5) is 0 Å². The lowest BCUT2D eigenvalue weighted by atomic mass is 9.74. The third kappa shape index (κ3) is 2.25. The molecule has 0 bridgehead atoms. The zero-order valence-corrected chi connectivity index (χ0v) is 11.0. The van der Waals surface area contributed by atoms with E-state index in [0.717, 1.165) is 25.7 Å². The van der Waals surface area contributed by atoms with Crippen LogP contribution in [0, 0.1) is 28.6 Å². The Hall–Kier alpha value is -1.04. The number of nitriles is 1. The van der Waals surface area contributed by atoms with Gasteiger partial charge >= 0.3 is 0 Å². The van der Waals surface area contributed by atoms with Crippen LogP contribution in [-0.2, 0) is 4.79 Å². The van der Waals surface area contributed by atoms with Gasteiger partial charge in [0, 0.05) is 6.04 Å². The van der Waals surface area contributed by atoms with Crippen molar-refractivity contribution >= 4 is 5.91 Å². The van der Waals surface area contributed by atoms with Crippen molar-refractivity contribution in [2.24, 2.45) is 17.3 Å². The zero-order chi connectivity index (χ0) is 12.6. The lowest BCUT2D eigenvalue weighted by Crippen LogP contribution is -2.47. The molecule has 0 saturated heterocycles. The maximum Gasteiger partial charge on any atom is 0.240 e. The highest BCUT2D eigenvalue weighted by Crippen LogP contribution is 2.45. The maximum atomic E-state index is 12.5. The summed E-state index contributed by atoms with van der Waals surface area (Å²) >= 11 is 0. The summed E-state index contributed by atoms with van der Waals surface area (Å²) in [6.07, 6.45) is 9.81. The van der Waals surface area contributed by atoms with E-state index in [4.69, 9.17) is 0 Å². The highest BCUT2D eigenvalue weighted by molar-refractivity contribution is 5.85. The molecule has 3 fully saturated rings. The molecule has 0 unspecified atom stereocenters. The van der Waals surface area contributed by atoms with E-state index in [9.17, 15) is 10.1 Å². The van der Waals surface area contributed by atoms with Gasteiger partial charge < -0.3 is 5.32 Å². The summed E-state index contributed by atoms with van der Waals surface area (Å²) in [5, 5.41) is 12.7. The van der Waals surface area contributed by atoms with Gasteiger partial charge in [-0.1, -0.05) is 19.3 Å². The molecule has 3 aliphatic carbocycles. The fourth-order valence-electron chi connectivity index (χ4n) is 3.37. The number of carbonyl (C=O) groups excluding carboxylic acids is 1. The van der Waals surface area contributed by atoms with Crippen LogP contribution in [0.25, 0.3) is 0 Å². The summed E-state index contributed by atoms with van der Waals surface area (Å²) in [7, 11) is 0. The van der Waals surface area contributed by atoms with Gasteiger partial charge in [0.1, 0.15) is 5.41 Å². The maximum absolute atomic E-state index is 12.5. The molecule has 3 nitrogen and oxygen atoms in total. The number of hydrogen-bond donors (Lipinski definition) is 1. The first-order chi connectivity index (χ1) is 8.75. The second-order valence-corrected chi connectivity index (χ2v) is 6.43. The molecule has 3 heteroatoms. The summed E-state index contributed by atoms with van der Waals surface area (Å²) in [6, 6.07) is 2.71. The van der Waals surface area contributed by atoms with E-state index in [1.54, 1.807) is 0 Å². The second-order valence-electron chi connectivity index (χ2n) is 6.43. The topological polar surface area (TPSA) is 52.9 Å². The molecular formula is C15H22N2O. The molecule has 0 spiro atoms. The van der Waals surface area contributed by atoms with Gasteiger partial charge in [-0.3, -0.25) is 4.79 Å². The predicted octanol–water partition coefficient (Wildman–Crippen LogP) is 2.77. The number of amides is 1. The van der Waals surface area contributed by atoms with Crippen LogP contribution in [0.2, 0.25) is 0 Å². The molecule has 3 rings (SSSR count). The first kappa shape index (κ1) is 12.0. The van der Waals surface area contributed by atoms with E-state index in [1.807, 2.05) is 0 Å². The summed E-state index contributed by atoms with van der Waals surface area (Å²) in [5.74, 6) is 1.45. The van der Waals surface area contributed by atoms with Gasteiger partial charge in [-0.2, -0.15) is 5.26 Å². The van der Waals surface area contributed by atoms with E-state index in [-0.39, 0.29) is 5.91 Å². The lowest BCUT2D eigenvalue weighted by Gasteiger charge is -2.31. The van der Waals surface area contributed by atoms with E-state index in [1.165, 1.54) is 32.1 Å². The highest BCUT2D eigenvalue weighted by Gasteiger charge is 2.46. The summed E-state index contributed by atoms with van der Waals surface area (Å²) in [4.78, 5) is 12.5. The van der Waals surface area contributed by atoms with E-state index in [2.05, 4.69) is 11.4 Å². The molecule has 98 valence electrons. The Labute approximate surface area is 109 Å². The summed E-state index contributed by atoms with van der Waals surface area (Å²) < 4.78 is 0. The zero-order valence-electron chi connectivity index (χ0n) is 11.0. The van der Waals surface area contributed by atoms with Gasteiger partial charge in [0.15, 0.2) is 0 Å². The Balaban J connectivity index is 1.66. The van der Waals surface area contributed by atoms with Crippen LogP contribution in [0.3, 0.4) is 0 Å². The standard InChI is InChI=1S/C15H22N2O/c16-10-15(8-2-1-3-9-15)14(18)17-13(11-4-5-11)12-6-7-12/h11-13H,1-9H2,(H,17,18). The molecule has 0 aliphatic heterocycles. The molecule has 3 aliphatic rings. The van der Waals surface area contributed by atoms with Crippen LogP contribution >= 0.6 is 0 Å². The van der Waals surface area contributed by atoms with Crippen LogP contribution in [0.15, 0.2) is 0 Å². The highest BCUT2D eigenvalue weighted by atomic mass is 16.2. The fourth-order valence-corrected chi connectivity index (χ4v) is 3.37. The number of hydrogen-bond acceptors (Lipinski definition) is 2. The molecule has 18 heavy (non-hydrogen) atoms. The van der Waals surface area contributed by atoms with Crippen molar-refractivity contribution in [3.8, 4) is 6.07 Å². The quantitative estimate of drug-likeness (QED) is 0.829. The first-order valence-electron chi connectivity index (χ1n) is 7.47. The lowest BCUT2D eigenvalue weighted by molar-refractivity contribution is -0.130. The Morgan fingerprint density at radius 2 is 1.67 bits per heavy atom. The molecule has 1 amide bonds. The molecule has 0 aromatic heterocycles. The normalized spacial score (nSPS) is 26.7. The summed E-state index contributed by atoms with van der Waals surface area (Å²) in [6.45, 7) is 0. The first-order valence-corrected chi connectivity index (χ1v) is 7.47. The largest absolute Gasteiger partial charge is 0.351 e. The predicted molar refractivity (Wildman–Crippen MR) is 68.5 cm³/mol. The summed E-state index contributed by atoms with van der Waals surface area (Å²) in [5.41, 5.74) is -0.708. The minimum Gasteiger partial charge on any atom is -0.351 e. The minimum atomic E-state index is -0.708. The van der Waals surface area contributed by atoms with E-state index < -0.39 is 5.41 Å². The molecule has 0 aromatic rings. The Morgan fingerprint density at radius 3 is 2.11 bits per heavy atom. The van der Waals surface area contributed by atoms with Crippen LogP contribution in [-0.4, -0.2) is 11.9 Å². The van der Waals surface area contributed by atoms with Crippen molar-refractivity contribution in [2.45, 2.75) is 63.8 Å². The van der Waals surface area contributed by atoms with Gasteiger partial charge in [0.2, 0.25) is 5.91 Å². The van der Waals surface area contributed by atoms with Crippen molar-refractivity contribution in [1.82, 2.24) is 5.32 Å². The van der Waals surface area contributed by atoms with Crippen molar-refractivity contribution in [1.29, 1.82) is 5.26 Å². The number of rotatable bonds is 4. The molecule has 0 aromatic carbocycles. The molecular weight excluding hydrogens is 224 g/mol. The second kappa shape index (κ2) is 4.57. The Morgan fingerprint density at radius 1 is 1.11 bits per heavy atom. The average molecular weight is 246 g/mol. The van der Waals surface area contributed by atoms with Crippen molar-refractivity contribution in [2.75, 3.05) is 0 Å². The van der Waals surface area contributed by atoms with Crippen LogP contribution < -0.4 is 5.32 Å². The number of nitrogens with zero attached hydrogens (tertiary/aromatic N) is 1. The SMILES string of the molecule is N#CC1(C(=O)NC(C2CC2)C2CC2)CCCCC1. The van der Waals surface area contributed by atoms with Crippen molar-refractivity contribution in [3.05, 3.63) is 0 Å². The van der Waals surface area contributed by atoms with Gasteiger partial charge in [0.25, 0.3) is 0 Å². The molecule has 3 saturated carbocycles. The number of carbonyl (C=O) groups is 1. The smallest absolute Gasteiger partial charge is 0.240 e. The van der Waals surface area contributed by atoms with Crippen LogP contribution in [0.1, 0.15) is 57.8 Å². The molecule has 0 atom stereocenters.